The van der Waals surface area contributed by atoms with E-state index >= 15 is 0 Å². The van der Waals surface area contributed by atoms with Crippen molar-refractivity contribution in [2.75, 3.05) is 44.8 Å². The molecule has 5 heteroatoms. The maximum atomic E-state index is 5.82. The number of halogens is 1. The van der Waals surface area contributed by atoms with E-state index in [1.807, 2.05) is 42.5 Å². The number of benzene rings is 2. The highest BCUT2D eigenvalue weighted by Crippen LogP contribution is 2.19. The smallest absolute Gasteiger partial charge is 0.119 e. The van der Waals surface area contributed by atoms with E-state index in [4.69, 9.17) is 9.47 Å². The lowest BCUT2D eigenvalue weighted by molar-refractivity contribution is 0.0358. The molecule has 130 valence electrons. The second-order valence-corrected chi connectivity index (χ2v) is 5.67. The molecule has 2 aromatic carbocycles. The van der Waals surface area contributed by atoms with Gasteiger partial charge in [0.15, 0.2) is 0 Å². The largest absolute Gasteiger partial charge is 0.494 e. The van der Waals surface area contributed by atoms with Crippen LogP contribution in [0.25, 0.3) is 0 Å². The number of ether oxygens (including phenoxy) is 2. The summed E-state index contributed by atoms with van der Waals surface area (Å²) in [6, 6.07) is 18.3. The van der Waals surface area contributed by atoms with Crippen LogP contribution >= 0.6 is 12.4 Å². The molecule has 0 aliphatic carbocycles. The van der Waals surface area contributed by atoms with Gasteiger partial charge >= 0.3 is 0 Å². The molecule has 0 bridgehead atoms. The van der Waals surface area contributed by atoms with E-state index in [0.29, 0.717) is 0 Å². The van der Waals surface area contributed by atoms with Crippen molar-refractivity contribution in [1.82, 2.24) is 4.90 Å². The first-order valence-corrected chi connectivity index (χ1v) is 8.25. The Labute approximate surface area is 150 Å². The van der Waals surface area contributed by atoms with Gasteiger partial charge in [-0.05, 0) is 42.8 Å². The van der Waals surface area contributed by atoms with Gasteiger partial charge in [-0.25, -0.2) is 0 Å². The van der Waals surface area contributed by atoms with E-state index in [1.165, 1.54) is 0 Å². The highest BCUT2D eigenvalue weighted by molar-refractivity contribution is 5.85. The molecule has 3 rings (SSSR count). The highest BCUT2D eigenvalue weighted by Gasteiger charge is 2.09. The zero-order valence-electron chi connectivity index (χ0n) is 13.8. The molecule has 0 radical (unpaired) electrons. The first-order chi connectivity index (χ1) is 11.4. The van der Waals surface area contributed by atoms with Gasteiger partial charge in [0.25, 0.3) is 0 Å². The monoisotopic (exact) mass is 348 g/mol. The minimum Gasteiger partial charge on any atom is -0.494 e. The molecule has 4 nitrogen and oxygen atoms in total. The molecule has 1 aliphatic heterocycles. The van der Waals surface area contributed by atoms with Gasteiger partial charge in [-0.2, -0.15) is 0 Å². The third-order valence-electron chi connectivity index (χ3n) is 3.91. The molecule has 0 spiro atoms. The van der Waals surface area contributed by atoms with Gasteiger partial charge in [-0.3, -0.25) is 4.90 Å². The molecule has 0 aromatic heterocycles. The average molecular weight is 349 g/mol. The van der Waals surface area contributed by atoms with Crippen molar-refractivity contribution in [2.24, 2.45) is 0 Å². The summed E-state index contributed by atoms with van der Waals surface area (Å²) >= 11 is 0. The molecule has 24 heavy (non-hydrogen) atoms. The van der Waals surface area contributed by atoms with Crippen LogP contribution in [0.4, 0.5) is 11.4 Å². The second kappa shape index (κ2) is 10.2. The molecular weight excluding hydrogens is 324 g/mol. The Hall–Kier alpha value is -1.75. The van der Waals surface area contributed by atoms with Gasteiger partial charge in [0.1, 0.15) is 5.75 Å². The zero-order chi connectivity index (χ0) is 15.7. The van der Waals surface area contributed by atoms with Crippen LogP contribution in [0, 0.1) is 0 Å². The first kappa shape index (κ1) is 18.6. The van der Waals surface area contributed by atoms with Crippen molar-refractivity contribution >= 4 is 23.8 Å². The lowest BCUT2D eigenvalue weighted by Crippen LogP contribution is -2.37. The number of hydrogen-bond acceptors (Lipinski definition) is 4. The Kier molecular flexibility index (Phi) is 7.89. The topological polar surface area (TPSA) is 33.7 Å². The predicted molar refractivity (Wildman–Crippen MR) is 101 cm³/mol. The molecule has 1 saturated heterocycles. The summed E-state index contributed by atoms with van der Waals surface area (Å²) in [5.41, 5.74) is 2.16. The van der Waals surface area contributed by atoms with Crippen molar-refractivity contribution in [3.05, 3.63) is 54.6 Å². The minimum absolute atomic E-state index is 0. The van der Waals surface area contributed by atoms with Crippen molar-refractivity contribution in [3.63, 3.8) is 0 Å². The van der Waals surface area contributed by atoms with Crippen molar-refractivity contribution in [3.8, 4) is 5.75 Å². The van der Waals surface area contributed by atoms with Crippen LogP contribution in [0.3, 0.4) is 0 Å². The zero-order valence-corrected chi connectivity index (χ0v) is 14.6. The summed E-state index contributed by atoms with van der Waals surface area (Å²) in [7, 11) is 0. The van der Waals surface area contributed by atoms with E-state index in [0.717, 1.165) is 63.0 Å². The van der Waals surface area contributed by atoms with Crippen molar-refractivity contribution < 1.29 is 9.47 Å². The van der Waals surface area contributed by atoms with Crippen LogP contribution in [0.5, 0.6) is 5.75 Å². The Bertz CT molecular complexity index is 572. The maximum absolute atomic E-state index is 5.82. The third kappa shape index (κ3) is 6.04. The Morgan fingerprint density at radius 2 is 1.58 bits per heavy atom. The molecule has 0 atom stereocenters. The quantitative estimate of drug-likeness (QED) is 0.768. The lowest BCUT2D eigenvalue weighted by Gasteiger charge is -2.26. The van der Waals surface area contributed by atoms with Crippen molar-refractivity contribution in [1.29, 1.82) is 0 Å². The van der Waals surface area contributed by atoms with Crippen molar-refractivity contribution in [2.45, 2.75) is 6.42 Å². The molecular formula is C19H25ClN2O2. The average Bonchev–Trinajstić information content (AvgIpc) is 2.62. The minimum atomic E-state index is 0. The molecule has 1 aliphatic rings. The molecule has 0 saturated carbocycles. The number of morpholine rings is 1. The van der Waals surface area contributed by atoms with Gasteiger partial charge < -0.3 is 14.8 Å². The molecule has 0 unspecified atom stereocenters. The van der Waals surface area contributed by atoms with Gasteiger partial charge in [0.2, 0.25) is 0 Å². The van der Waals surface area contributed by atoms with Gasteiger partial charge in [0.05, 0.1) is 19.8 Å². The summed E-state index contributed by atoms with van der Waals surface area (Å²) < 4.78 is 11.2. The third-order valence-corrected chi connectivity index (χ3v) is 3.91. The predicted octanol–water partition coefficient (Wildman–Crippen LogP) is 3.95. The molecule has 1 heterocycles. The van der Waals surface area contributed by atoms with Gasteiger partial charge in [-0.1, -0.05) is 18.2 Å². The standard InChI is InChI=1S/C19H24N2O2.ClH/c1-2-5-17(6-3-1)20-18-7-9-19(10-8-18)23-14-4-11-21-12-15-22-16-13-21;/h1-3,5-10,20H,4,11-16H2;1H. The number of para-hydroxylation sites is 1. The fourth-order valence-electron chi connectivity index (χ4n) is 2.63. The number of hydrogen-bond donors (Lipinski definition) is 1. The number of anilines is 2. The maximum Gasteiger partial charge on any atom is 0.119 e. The van der Waals surface area contributed by atoms with E-state index in [-0.39, 0.29) is 12.4 Å². The summed E-state index contributed by atoms with van der Waals surface area (Å²) in [6.45, 7) is 5.63. The second-order valence-electron chi connectivity index (χ2n) is 5.67. The SMILES string of the molecule is Cl.c1ccc(Nc2ccc(OCCCN3CCOCC3)cc2)cc1. The molecule has 1 fully saturated rings. The van der Waals surface area contributed by atoms with Crippen LogP contribution in [0.2, 0.25) is 0 Å². The normalized spacial score (nSPS) is 14.7. The number of rotatable bonds is 7. The number of nitrogens with zero attached hydrogens (tertiary/aromatic N) is 1. The van der Waals surface area contributed by atoms with Crippen LogP contribution in [0.1, 0.15) is 6.42 Å². The summed E-state index contributed by atoms with van der Waals surface area (Å²) in [5, 5.41) is 3.37. The Morgan fingerprint density at radius 3 is 2.29 bits per heavy atom. The van der Waals surface area contributed by atoms with E-state index in [9.17, 15) is 0 Å². The van der Waals surface area contributed by atoms with E-state index in [2.05, 4.69) is 22.3 Å². The van der Waals surface area contributed by atoms with Crippen LogP contribution in [-0.2, 0) is 4.74 Å². The van der Waals surface area contributed by atoms with Crippen LogP contribution in [-0.4, -0.2) is 44.4 Å². The van der Waals surface area contributed by atoms with Crippen LogP contribution < -0.4 is 10.1 Å². The highest BCUT2D eigenvalue weighted by atomic mass is 35.5. The van der Waals surface area contributed by atoms with Gasteiger partial charge in [-0.15, -0.1) is 12.4 Å². The molecule has 2 aromatic rings. The fraction of sp³-hybridized carbons (Fsp3) is 0.368. The Morgan fingerprint density at radius 1 is 0.917 bits per heavy atom. The number of nitrogens with one attached hydrogen (secondary N) is 1. The summed E-state index contributed by atoms with van der Waals surface area (Å²) in [4.78, 5) is 2.43. The van der Waals surface area contributed by atoms with E-state index in [1.54, 1.807) is 0 Å². The Balaban J connectivity index is 0.00000208. The summed E-state index contributed by atoms with van der Waals surface area (Å²) in [6.07, 6.45) is 1.05. The van der Waals surface area contributed by atoms with E-state index < -0.39 is 0 Å². The van der Waals surface area contributed by atoms with Gasteiger partial charge in [0, 0.05) is 31.0 Å². The summed E-state index contributed by atoms with van der Waals surface area (Å²) in [5.74, 6) is 0.922. The first-order valence-electron chi connectivity index (χ1n) is 8.25. The van der Waals surface area contributed by atoms with Crippen LogP contribution in [0.15, 0.2) is 54.6 Å². The molecule has 1 N–H and O–H groups in total. The fourth-order valence-corrected chi connectivity index (χ4v) is 2.63. The lowest BCUT2D eigenvalue weighted by atomic mass is 10.2. The molecule has 0 amide bonds.